The minimum Gasteiger partial charge on any atom is -0.487 e. The van der Waals surface area contributed by atoms with Crippen LogP contribution in [0, 0.1) is 17.2 Å². The number of rotatable bonds is 14. The molecule has 4 aromatic rings. The summed E-state index contributed by atoms with van der Waals surface area (Å²) in [7, 11) is 1.70. The molecule has 0 radical (unpaired) electrons. The molecular formula is C36H48N10O4. The van der Waals surface area contributed by atoms with Crippen LogP contribution in [0.25, 0.3) is 11.1 Å². The first-order valence-electron chi connectivity index (χ1n) is 17.5. The number of ether oxygens (including phenoxy) is 4. The van der Waals surface area contributed by atoms with E-state index in [1.807, 2.05) is 25.3 Å². The van der Waals surface area contributed by atoms with Gasteiger partial charge in [0.1, 0.15) is 36.3 Å². The fraction of sp³-hybridized carbons (Fsp3) is 0.556. The Labute approximate surface area is 293 Å². The molecule has 0 bridgehead atoms. The summed E-state index contributed by atoms with van der Waals surface area (Å²) in [4.78, 5) is 15.8. The molecule has 1 unspecified atom stereocenters. The fourth-order valence-electron chi connectivity index (χ4n) is 6.91. The van der Waals surface area contributed by atoms with Gasteiger partial charge in [-0.25, -0.2) is 19.6 Å². The summed E-state index contributed by atoms with van der Waals surface area (Å²) >= 11 is 0. The summed E-state index contributed by atoms with van der Waals surface area (Å²) in [5.74, 6) is 1.63. The standard InChI is InChI=1S/C36H48N10O4/c1-24(20-47-5)21-48-35-33(19-46(43-35)32-10-8-31(9-11-32)44-16-25(2)49-26(3)17-44)42-36-39-14-30(15-40-36)28-6-7-29(13-37)34(12-28)50-27(4)18-45-23-38-22-41-45/h6-7,12,14-15,19,22-27,31-32H,8-11,16-18,20-21H2,1-5H3,(H,39,40,42)/t24?,25-,26+,27-,31-,32-/m0/s1. The topological polar surface area (TPSA) is 150 Å². The SMILES string of the molecule is COCC(C)COc1nn([C@H]2CC[C@H](N3C[C@@H](C)O[C@@H](C)C3)CC2)cc1Nc1ncc(-c2ccc(C#N)c(O[C@@H](C)Cn3cncn3)c2)cn1. The lowest BCUT2D eigenvalue weighted by atomic mass is 9.89. The molecule has 2 aliphatic rings. The van der Waals surface area contributed by atoms with Gasteiger partial charge in [-0.15, -0.1) is 5.10 Å². The van der Waals surface area contributed by atoms with Gasteiger partial charge in [-0.3, -0.25) is 9.58 Å². The summed E-state index contributed by atoms with van der Waals surface area (Å²) in [6.07, 6.45) is 13.3. The lowest BCUT2D eigenvalue weighted by Crippen LogP contribution is -2.51. The van der Waals surface area contributed by atoms with Crippen molar-refractivity contribution in [3.05, 3.63) is 55.0 Å². The molecule has 0 spiro atoms. The summed E-state index contributed by atoms with van der Waals surface area (Å²) in [6.45, 7) is 11.9. The molecule has 50 heavy (non-hydrogen) atoms. The molecule has 1 aromatic carbocycles. The van der Waals surface area contributed by atoms with Crippen molar-refractivity contribution in [1.29, 1.82) is 5.26 Å². The van der Waals surface area contributed by atoms with E-state index in [-0.39, 0.29) is 30.3 Å². The number of morpholine rings is 1. The first-order chi connectivity index (χ1) is 24.3. The van der Waals surface area contributed by atoms with Crippen LogP contribution in [0.15, 0.2) is 49.4 Å². The Morgan fingerprint density at radius 3 is 2.44 bits per heavy atom. The molecule has 0 amide bonds. The van der Waals surface area contributed by atoms with Gasteiger partial charge in [0.15, 0.2) is 0 Å². The third kappa shape index (κ3) is 8.95. The zero-order valence-electron chi connectivity index (χ0n) is 29.6. The van der Waals surface area contributed by atoms with Gasteiger partial charge < -0.3 is 24.3 Å². The quantitative estimate of drug-likeness (QED) is 0.184. The summed E-state index contributed by atoms with van der Waals surface area (Å²) in [6, 6.07) is 8.53. The Balaban J connectivity index is 1.14. The van der Waals surface area contributed by atoms with Crippen molar-refractivity contribution in [2.45, 2.75) is 90.3 Å². The van der Waals surface area contributed by atoms with Gasteiger partial charge in [0.2, 0.25) is 5.95 Å². The molecule has 3 aromatic heterocycles. The van der Waals surface area contributed by atoms with Crippen molar-refractivity contribution in [2.75, 3.05) is 38.7 Å². The number of hydrogen-bond acceptors (Lipinski definition) is 12. The Morgan fingerprint density at radius 2 is 1.76 bits per heavy atom. The van der Waals surface area contributed by atoms with Crippen molar-refractivity contribution in [1.82, 2.24) is 39.4 Å². The summed E-state index contributed by atoms with van der Waals surface area (Å²) < 4.78 is 27.4. The van der Waals surface area contributed by atoms with Crippen LogP contribution in [-0.2, 0) is 16.0 Å². The number of hydrogen-bond donors (Lipinski definition) is 1. The second kappa shape index (κ2) is 16.4. The van der Waals surface area contributed by atoms with E-state index in [9.17, 15) is 5.26 Å². The smallest absolute Gasteiger partial charge is 0.256 e. The summed E-state index contributed by atoms with van der Waals surface area (Å²) in [5, 5.41) is 22.1. The van der Waals surface area contributed by atoms with Crippen molar-refractivity contribution in [2.24, 2.45) is 5.92 Å². The number of nitrogens with zero attached hydrogens (tertiary/aromatic N) is 9. The van der Waals surface area contributed by atoms with Crippen molar-refractivity contribution < 1.29 is 18.9 Å². The van der Waals surface area contributed by atoms with Crippen LogP contribution in [0.5, 0.6) is 11.6 Å². The van der Waals surface area contributed by atoms with E-state index in [1.165, 1.54) is 6.33 Å². The van der Waals surface area contributed by atoms with E-state index >= 15 is 0 Å². The minimum atomic E-state index is -0.232. The predicted octanol–water partition coefficient (Wildman–Crippen LogP) is 5.27. The van der Waals surface area contributed by atoms with Gasteiger partial charge >= 0.3 is 0 Å². The van der Waals surface area contributed by atoms with Crippen LogP contribution >= 0.6 is 0 Å². The first kappa shape index (κ1) is 35.3. The largest absolute Gasteiger partial charge is 0.487 e. The fourth-order valence-corrected chi connectivity index (χ4v) is 6.91. The molecule has 1 saturated heterocycles. The molecule has 6 rings (SSSR count). The number of methoxy groups -OCH3 is 1. The third-order valence-electron chi connectivity index (χ3n) is 9.23. The minimum absolute atomic E-state index is 0.203. The molecule has 1 N–H and O–H groups in total. The maximum absolute atomic E-state index is 9.69. The van der Waals surface area contributed by atoms with Gasteiger partial charge in [0, 0.05) is 50.1 Å². The highest BCUT2D eigenvalue weighted by atomic mass is 16.5. The normalized spacial score (nSPS) is 22.4. The van der Waals surface area contributed by atoms with Crippen molar-refractivity contribution >= 4 is 11.6 Å². The predicted molar refractivity (Wildman–Crippen MR) is 187 cm³/mol. The van der Waals surface area contributed by atoms with E-state index in [1.54, 1.807) is 36.6 Å². The highest BCUT2D eigenvalue weighted by Crippen LogP contribution is 2.36. The average molecular weight is 685 g/mol. The third-order valence-corrected chi connectivity index (χ3v) is 9.23. The first-order valence-corrected chi connectivity index (χ1v) is 17.5. The molecular weight excluding hydrogens is 636 g/mol. The lowest BCUT2D eigenvalue weighted by molar-refractivity contribution is -0.0852. The lowest BCUT2D eigenvalue weighted by Gasteiger charge is -2.42. The van der Waals surface area contributed by atoms with Crippen molar-refractivity contribution in [3.63, 3.8) is 0 Å². The Morgan fingerprint density at radius 1 is 1.02 bits per heavy atom. The Hall–Kier alpha value is -4.58. The van der Waals surface area contributed by atoms with Gasteiger partial charge in [-0.2, -0.15) is 10.4 Å². The molecule has 14 nitrogen and oxygen atoms in total. The highest BCUT2D eigenvalue weighted by Gasteiger charge is 2.32. The second-order valence-corrected chi connectivity index (χ2v) is 13.7. The molecule has 4 atom stereocenters. The van der Waals surface area contributed by atoms with E-state index in [0.29, 0.717) is 48.9 Å². The van der Waals surface area contributed by atoms with Gasteiger partial charge in [-0.05, 0) is 64.2 Å². The molecule has 266 valence electrons. The molecule has 1 saturated carbocycles. The van der Waals surface area contributed by atoms with E-state index in [0.717, 1.165) is 55.6 Å². The molecule has 2 fully saturated rings. The van der Waals surface area contributed by atoms with Crippen LogP contribution in [0.2, 0.25) is 0 Å². The van der Waals surface area contributed by atoms with Crippen LogP contribution < -0.4 is 14.8 Å². The van der Waals surface area contributed by atoms with Crippen LogP contribution in [0.1, 0.15) is 65.0 Å². The maximum atomic E-state index is 9.69. The Bertz CT molecular complexity index is 1690. The maximum Gasteiger partial charge on any atom is 0.256 e. The monoisotopic (exact) mass is 684 g/mol. The van der Waals surface area contributed by atoms with Gasteiger partial charge in [0.25, 0.3) is 5.88 Å². The van der Waals surface area contributed by atoms with Crippen LogP contribution in [0.4, 0.5) is 11.6 Å². The van der Waals surface area contributed by atoms with Crippen LogP contribution in [-0.4, -0.2) is 97.2 Å². The number of benzene rings is 1. The number of anilines is 2. The average Bonchev–Trinajstić information content (AvgIpc) is 3.77. The van der Waals surface area contributed by atoms with Crippen molar-refractivity contribution in [3.8, 4) is 28.8 Å². The Kier molecular flexibility index (Phi) is 11.6. The summed E-state index contributed by atoms with van der Waals surface area (Å²) in [5.41, 5.74) is 2.78. The van der Waals surface area contributed by atoms with E-state index in [4.69, 9.17) is 24.0 Å². The number of aromatic nitrogens is 7. The number of nitrogens with one attached hydrogen (secondary N) is 1. The van der Waals surface area contributed by atoms with E-state index < -0.39 is 0 Å². The molecule has 4 heterocycles. The highest BCUT2D eigenvalue weighted by molar-refractivity contribution is 5.67. The molecule has 1 aliphatic heterocycles. The van der Waals surface area contributed by atoms with Gasteiger partial charge in [-0.1, -0.05) is 13.0 Å². The zero-order valence-corrected chi connectivity index (χ0v) is 29.6. The van der Waals surface area contributed by atoms with Crippen LogP contribution in [0.3, 0.4) is 0 Å². The molecule has 14 heteroatoms. The zero-order chi connectivity index (χ0) is 35.0. The van der Waals surface area contributed by atoms with E-state index in [2.05, 4.69) is 61.8 Å². The number of nitriles is 1. The molecule has 1 aliphatic carbocycles. The van der Waals surface area contributed by atoms with Gasteiger partial charge in [0.05, 0.1) is 49.8 Å². The second-order valence-electron chi connectivity index (χ2n) is 13.7.